The Kier molecular flexibility index (Phi) is 12.5. The number of carbonyl (C=O) groups is 2. The smallest absolute Gasteiger partial charge is 0.265 e. The zero-order valence-electron chi connectivity index (χ0n) is 27.0. The Balaban J connectivity index is 2.14. The van der Waals surface area contributed by atoms with Gasteiger partial charge < -0.3 is 29.2 Å². The molecule has 0 aromatic heterocycles. The van der Waals surface area contributed by atoms with E-state index in [-0.39, 0.29) is 34.5 Å². The molecule has 1 N–H and O–H groups in total. The van der Waals surface area contributed by atoms with Crippen LogP contribution in [-0.2, 0) is 26.2 Å². The molecule has 1 atom stereocenters. The molecule has 0 spiro atoms. The van der Waals surface area contributed by atoms with Gasteiger partial charge in [-0.05, 0) is 50.1 Å². The van der Waals surface area contributed by atoms with Crippen LogP contribution in [0.15, 0.2) is 65.6 Å². The summed E-state index contributed by atoms with van der Waals surface area (Å²) >= 11 is 0. The number of nitrogens with zero attached hydrogens (tertiary/aromatic N) is 2. The summed E-state index contributed by atoms with van der Waals surface area (Å²) in [6.45, 7) is 5.51. The Morgan fingerprint density at radius 2 is 1.49 bits per heavy atom. The molecule has 2 amide bonds. The van der Waals surface area contributed by atoms with Gasteiger partial charge in [0.1, 0.15) is 24.1 Å². The topological polar surface area (TPSA) is 124 Å². The van der Waals surface area contributed by atoms with E-state index < -0.39 is 28.5 Å². The lowest BCUT2D eigenvalue weighted by Crippen LogP contribution is -2.51. The lowest BCUT2D eigenvalue weighted by Gasteiger charge is -2.32. The zero-order chi connectivity index (χ0) is 33.1. The monoisotopic (exact) mass is 641 g/mol. The standard InChI is InChI=1S/C33H43N3O8S/c1-8-9-18-34-33(38)24(3)35(21-25-12-10-23(2)11-13-25)32(37)22-36(28-19-26(41-4)14-16-29(28)42-5)45(39,40)27-15-17-30(43-6)31(20-27)44-7/h10-17,19-20,24H,8-9,18,21-22H2,1-7H3,(H,34,38)/t24-/m1/s1. The number of hydrogen-bond donors (Lipinski definition) is 1. The molecule has 45 heavy (non-hydrogen) atoms. The number of rotatable bonds is 16. The Morgan fingerprint density at radius 1 is 0.844 bits per heavy atom. The summed E-state index contributed by atoms with van der Waals surface area (Å²) in [6, 6.07) is 15.5. The highest BCUT2D eigenvalue weighted by Crippen LogP contribution is 2.37. The first-order valence-corrected chi connectivity index (χ1v) is 16.0. The zero-order valence-corrected chi connectivity index (χ0v) is 27.8. The highest BCUT2D eigenvalue weighted by molar-refractivity contribution is 7.92. The second-order valence-corrected chi connectivity index (χ2v) is 12.3. The van der Waals surface area contributed by atoms with Gasteiger partial charge in [0.05, 0.1) is 39.0 Å². The Morgan fingerprint density at radius 3 is 2.09 bits per heavy atom. The van der Waals surface area contributed by atoms with E-state index in [0.29, 0.717) is 18.0 Å². The van der Waals surface area contributed by atoms with E-state index in [0.717, 1.165) is 28.3 Å². The van der Waals surface area contributed by atoms with Crippen molar-refractivity contribution in [3.05, 3.63) is 71.8 Å². The summed E-state index contributed by atoms with van der Waals surface area (Å²) in [6.07, 6.45) is 1.68. The van der Waals surface area contributed by atoms with Crippen LogP contribution in [0.2, 0.25) is 0 Å². The van der Waals surface area contributed by atoms with E-state index >= 15 is 0 Å². The van der Waals surface area contributed by atoms with Gasteiger partial charge in [-0.15, -0.1) is 0 Å². The van der Waals surface area contributed by atoms with Gasteiger partial charge in [-0.25, -0.2) is 8.42 Å². The van der Waals surface area contributed by atoms with Crippen LogP contribution >= 0.6 is 0 Å². The molecule has 0 fully saturated rings. The van der Waals surface area contributed by atoms with Gasteiger partial charge in [0.2, 0.25) is 11.8 Å². The molecule has 12 heteroatoms. The molecule has 0 aliphatic carbocycles. The van der Waals surface area contributed by atoms with E-state index in [4.69, 9.17) is 18.9 Å². The summed E-state index contributed by atoms with van der Waals surface area (Å²) in [7, 11) is 1.27. The Labute approximate surface area is 266 Å². The first-order chi connectivity index (χ1) is 21.5. The number of sulfonamides is 1. The molecule has 0 aliphatic rings. The van der Waals surface area contributed by atoms with Crippen molar-refractivity contribution in [2.24, 2.45) is 0 Å². The summed E-state index contributed by atoms with van der Waals surface area (Å²) in [5.74, 6) is 0.153. The molecule has 11 nitrogen and oxygen atoms in total. The molecule has 3 rings (SSSR count). The third kappa shape index (κ3) is 8.59. The first-order valence-electron chi connectivity index (χ1n) is 14.6. The number of nitrogens with one attached hydrogen (secondary N) is 1. The molecule has 244 valence electrons. The van der Waals surface area contributed by atoms with Crippen LogP contribution in [0.1, 0.15) is 37.8 Å². The average Bonchev–Trinajstić information content (AvgIpc) is 3.05. The molecule has 0 saturated heterocycles. The van der Waals surface area contributed by atoms with Gasteiger partial charge in [0.25, 0.3) is 10.0 Å². The molecule has 0 saturated carbocycles. The maximum atomic E-state index is 14.4. The molecular weight excluding hydrogens is 598 g/mol. The second kappa shape index (κ2) is 16.0. The third-order valence-corrected chi connectivity index (χ3v) is 9.10. The third-order valence-electron chi connectivity index (χ3n) is 7.35. The SMILES string of the molecule is CCCCNC(=O)[C@@H](C)N(Cc1ccc(C)cc1)C(=O)CN(c1cc(OC)ccc1OC)S(=O)(=O)c1ccc(OC)c(OC)c1. The van der Waals surface area contributed by atoms with E-state index in [9.17, 15) is 18.0 Å². The van der Waals surface area contributed by atoms with Crippen molar-refractivity contribution in [1.82, 2.24) is 10.2 Å². The Hall–Kier alpha value is -4.45. The minimum absolute atomic E-state index is 0.0790. The quantitative estimate of drug-likeness (QED) is 0.226. The van der Waals surface area contributed by atoms with Crippen LogP contribution in [0, 0.1) is 6.92 Å². The van der Waals surface area contributed by atoms with E-state index in [2.05, 4.69) is 5.32 Å². The van der Waals surface area contributed by atoms with Gasteiger partial charge >= 0.3 is 0 Å². The van der Waals surface area contributed by atoms with Crippen molar-refractivity contribution in [1.29, 1.82) is 0 Å². The predicted octanol–water partition coefficient (Wildman–Crippen LogP) is 4.56. The number of hydrogen-bond acceptors (Lipinski definition) is 8. The lowest BCUT2D eigenvalue weighted by molar-refractivity contribution is -0.139. The molecule has 3 aromatic rings. The highest BCUT2D eigenvalue weighted by Gasteiger charge is 2.34. The fraction of sp³-hybridized carbons (Fsp3) is 0.394. The molecule has 3 aromatic carbocycles. The van der Waals surface area contributed by atoms with Crippen molar-refractivity contribution < 1.29 is 37.0 Å². The van der Waals surface area contributed by atoms with Crippen LogP contribution in [0.25, 0.3) is 0 Å². The van der Waals surface area contributed by atoms with Crippen molar-refractivity contribution in [3.63, 3.8) is 0 Å². The number of ether oxygens (including phenoxy) is 4. The summed E-state index contributed by atoms with van der Waals surface area (Å²) in [5, 5.41) is 2.88. The summed E-state index contributed by atoms with van der Waals surface area (Å²) < 4.78 is 51.3. The summed E-state index contributed by atoms with van der Waals surface area (Å²) in [4.78, 5) is 28.7. The van der Waals surface area contributed by atoms with Crippen LogP contribution in [0.3, 0.4) is 0 Å². The molecule has 0 heterocycles. The van der Waals surface area contributed by atoms with Gasteiger partial charge in [0.15, 0.2) is 11.5 Å². The average molecular weight is 642 g/mol. The van der Waals surface area contributed by atoms with Crippen molar-refractivity contribution in [2.75, 3.05) is 45.8 Å². The van der Waals surface area contributed by atoms with E-state index in [1.54, 1.807) is 19.1 Å². The largest absolute Gasteiger partial charge is 0.497 e. The number of amides is 2. The molecule has 0 radical (unpaired) electrons. The van der Waals surface area contributed by atoms with Crippen molar-refractivity contribution in [3.8, 4) is 23.0 Å². The number of benzene rings is 3. The van der Waals surface area contributed by atoms with Gasteiger partial charge in [-0.2, -0.15) is 0 Å². The van der Waals surface area contributed by atoms with Crippen LogP contribution in [-0.4, -0.2) is 72.7 Å². The van der Waals surface area contributed by atoms with Crippen molar-refractivity contribution >= 4 is 27.5 Å². The lowest BCUT2D eigenvalue weighted by atomic mass is 10.1. The highest BCUT2D eigenvalue weighted by atomic mass is 32.2. The van der Waals surface area contributed by atoms with Gasteiger partial charge in [-0.1, -0.05) is 43.2 Å². The number of carbonyl (C=O) groups excluding carboxylic acids is 2. The first kappa shape index (κ1) is 35.0. The van der Waals surface area contributed by atoms with Crippen molar-refractivity contribution in [2.45, 2.75) is 51.1 Å². The number of unbranched alkanes of at least 4 members (excludes halogenated alkanes) is 1. The maximum absolute atomic E-state index is 14.4. The van der Waals surface area contributed by atoms with Crippen LogP contribution < -0.4 is 28.6 Å². The number of aryl methyl sites for hydroxylation is 1. The Bertz CT molecular complexity index is 1560. The van der Waals surface area contributed by atoms with Crippen LogP contribution in [0.5, 0.6) is 23.0 Å². The number of methoxy groups -OCH3 is 4. The normalized spacial score (nSPS) is 11.7. The van der Waals surface area contributed by atoms with Gasteiger partial charge in [-0.3, -0.25) is 13.9 Å². The van der Waals surface area contributed by atoms with Crippen LogP contribution in [0.4, 0.5) is 5.69 Å². The molecular formula is C33H43N3O8S. The molecule has 0 aliphatic heterocycles. The van der Waals surface area contributed by atoms with E-state index in [1.807, 2.05) is 38.1 Å². The molecule has 0 unspecified atom stereocenters. The second-order valence-electron chi connectivity index (χ2n) is 10.4. The molecule has 0 bridgehead atoms. The fourth-order valence-electron chi connectivity index (χ4n) is 4.62. The van der Waals surface area contributed by atoms with Gasteiger partial charge in [0, 0.05) is 25.2 Å². The summed E-state index contributed by atoms with van der Waals surface area (Å²) in [5.41, 5.74) is 1.91. The predicted molar refractivity (Wildman–Crippen MR) is 173 cm³/mol. The number of anilines is 1. The van der Waals surface area contributed by atoms with E-state index in [1.165, 1.54) is 57.6 Å². The fourth-order valence-corrected chi connectivity index (χ4v) is 6.05. The maximum Gasteiger partial charge on any atom is 0.265 e. The minimum atomic E-state index is -4.43. The minimum Gasteiger partial charge on any atom is -0.497 e.